The van der Waals surface area contributed by atoms with E-state index in [1.807, 2.05) is 13.8 Å². The van der Waals surface area contributed by atoms with Gasteiger partial charge in [0.2, 0.25) is 5.91 Å². The first-order chi connectivity index (χ1) is 7.15. The number of carbonyl (C=O) groups excluding carboxylic acids is 1. The molecule has 0 fully saturated rings. The van der Waals surface area contributed by atoms with Gasteiger partial charge in [-0.15, -0.1) is 0 Å². The third kappa shape index (κ3) is 3.36. The molecule has 0 bridgehead atoms. The van der Waals surface area contributed by atoms with Crippen molar-refractivity contribution in [2.45, 2.75) is 13.8 Å². The number of aryl methyl sites for hydroxylation is 1. The van der Waals surface area contributed by atoms with Crippen LogP contribution in [0.5, 0.6) is 0 Å². The number of aromatic nitrogens is 2. The molecular formula is C10H18N4O. The normalized spacial score (nSPS) is 12.5. The molecule has 0 saturated carbocycles. The molecule has 1 atom stereocenters. The average Bonchev–Trinajstić information content (AvgIpc) is 2.61. The summed E-state index contributed by atoms with van der Waals surface area (Å²) in [4.78, 5) is 11.7. The van der Waals surface area contributed by atoms with E-state index in [-0.39, 0.29) is 11.8 Å². The lowest BCUT2D eigenvalue weighted by molar-refractivity contribution is -0.119. The maximum Gasteiger partial charge on any atom is 0.229 e. The molecule has 2 N–H and O–H groups in total. The quantitative estimate of drug-likeness (QED) is 0.748. The zero-order chi connectivity index (χ0) is 11.3. The molecular weight excluding hydrogens is 192 g/mol. The summed E-state index contributed by atoms with van der Waals surface area (Å²) in [6.45, 7) is 5.49. The number of anilines is 1. The zero-order valence-electron chi connectivity index (χ0n) is 9.45. The number of rotatable bonds is 5. The highest BCUT2D eigenvalue weighted by Gasteiger charge is 2.13. The first-order valence-corrected chi connectivity index (χ1v) is 5.14. The molecule has 15 heavy (non-hydrogen) atoms. The van der Waals surface area contributed by atoms with E-state index >= 15 is 0 Å². The van der Waals surface area contributed by atoms with Crippen LogP contribution in [0, 0.1) is 5.92 Å². The zero-order valence-corrected chi connectivity index (χ0v) is 9.45. The minimum atomic E-state index is -0.0418. The summed E-state index contributed by atoms with van der Waals surface area (Å²) < 4.78 is 1.64. The van der Waals surface area contributed by atoms with Crippen LogP contribution in [0.4, 0.5) is 5.82 Å². The van der Waals surface area contributed by atoms with Gasteiger partial charge in [-0.1, -0.05) is 13.8 Å². The van der Waals surface area contributed by atoms with Crippen molar-refractivity contribution >= 4 is 11.7 Å². The molecule has 84 valence electrons. The summed E-state index contributed by atoms with van der Waals surface area (Å²) >= 11 is 0. The van der Waals surface area contributed by atoms with Gasteiger partial charge in [0.25, 0.3) is 0 Å². The SMILES string of the molecule is CCNCC(C)C(=O)Nc1ccnn1C. The minimum Gasteiger partial charge on any atom is -0.316 e. The fourth-order valence-corrected chi connectivity index (χ4v) is 1.20. The van der Waals surface area contributed by atoms with Crippen molar-refractivity contribution in [3.05, 3.63) is 12.3 Å². The second-order valence-corrected chi connectivity index (χ2v) is 3.54. The highest BCUT2D eigenvalue weighted by Crippen LogP contribution is 2.05. The number of amides is 1. The Kier molecular flexibility index (Phi) is 4.30. The van der Waals surface area contributed by atoms with Gasteiger partial charge in [-0.2, -0.15) is 5.10 Å². The third-order valence-corrected chi connectivity index (χ3v) is 2.22. The van der Waals surface area contributed by atoms with Gasteiger partial charge in [0.1, 0.15) is 5.82 Å². The van der Waals surface area contributed by atoms with Crippen LogP contribution < -0.4 is 10.6 Å². The van der Waals surface area contributed by atoms with E-state index in [9.17, 15) is 4.79 Å². The Morgan fingerprint density at radius 3 is 2.93 bits per heavy atom. The van der Waals surface area contributed by atoms with Gasteiger partial charge in [-0.25, -0.2) is 0 Å². The second-order valence-electron chi connectivity index (χ2n) is 3.54. The fraction of sp³-hybridized carbons (Fsp3) is 0.600. The van der Waals surface area contributed by atoms with Crippen molar-refractivity contribution in [1.82, 2.24) is 15.1 Å². The summed E-state index contributed by atoms with van der Waals surface area (Å²) in [6, 6.07) is 1.78. The van der Waals surface area contributed by atoms with E-state index in [4.69, 9.17) is 0 Å². The summed E-state index contributed by atoms with van der Waals surface area (Å²) in [7, 11) is 1.80. The molecule has 1 unspecified atom stereocenters. The maximum atomic E-state index is 11.7. The van der Waals surface area contributed by atoms with Crippen molar-refractivity contribution in [1.29, 1.82) is 0 Å². The highest BCUT2D eigenvalue weighted by atomic mass is 16.2. The lowest BCUT2D eigenvalue weighted by Gasteiger charge is -2.12. The molecule has 0 aliphatic heterocycles. The van der Waals surface area contributed by atoms with E-state index in [1.54, 1.807) is 24.0 Å². The summed E-state index contributed by atoms with van der Waals surface area (Å²) in [5.41, 5.74) is 0. The van der Waals surface area contributed by atoms with Gasteiger partial charge < -0.3 is 10.6 Å². The van der Waals surface area contributed by atoms with Crippen LogP contribution in [0.3, 0.4) is 0 Å². The molecule has 1 amide bonds. The Labute approximate surface area is 89.9 Å². The van der Waals surface area contributed by atoms with Crippen LogP contribution in [0.1, 0.15) is 13.8 Å². The fourth-order valence-electron chi connectivity index (χ4n) is 1.20. The number of nitrogens with zero attached hydrogens (tertiary/aromatic N) is 2. The van der Waals surface area contributed by atoms with Gasteiger partial charge in [0.05, 0.1) is 6.20 Å². The monoisotopic (exact) mass is 210 g/mol. The summed E-state index contributed by atoms with van der Waals surface area (Å²) in [5, 5.41) is 9.94. The van der Waals surface area contributed by atoms with E-state index in [0.717, 1.165) is 12.4 Å². The molecule has 5 heteroatoms. The van der Waals surface area contributed by atoms with Crippen molar-refractivity contribution in [2.24, 2.45) is 13.0 Å². The molecule has 0 spiro atoms. The van der Waals surface area contributed by atoms with Gasteiger partial charge >= 0.3 is 0 Å². The van der Waals surface area contributed by atoms with E-state index < -0.39 is 0 Å². The first-order valence-electron chi connectivity index (χ1n) is 5.14. The molecule has 0 aliphatic rings. The van der Waals surface area contributed by atoms with Gasteiger partial charge in [0.15, 0.2) is 0 Å². The largest absolute Gasteiger partial charge is 0.316 e. The molecule has 1 heterocycles. The smallest absolute Gasteiger partial charge is 0.229 e. The average molecular weight is 210 g/mol. The van der Waals surface area contributed by atoms with E-state index in [0.29, 0.717) is 6.54 Å². The topological polar surface area (TPSA) is 59.0 Å². The van der Waals surface area contributed by atoms with Crippen LogP contribution in [-0.4, -0.2) is 28.8 Å². The number of nitrogens with one attached hydrogen (secondary N) is 2. The van der Waals surface area contributed by atoms with Crippen LogP contribution in [0.2, 0.25) is 0 Å². The second kappa shape index (κ2) is 5.50. The Bertz CT molecular complexity index is 321. The van der Waals surface area contributed by atoms with Crippen molar-refractivity contribution in [3.8, 4) is 0 Å². The standard InChI is InChI=1S/C10H18N4O/c1-4-11-7-8(2)10(15)13-9-5-6-12-14(9)3/h5-6,8,11H,4,7H2,1-3H3,(H,13,15). The maximum absolute atomic E-state index is 11.7. The number of hydrogen-bond acceptors (Lipinski definition) is 3. The predicted octanol–water partition coefficient (Wildman–Crippen LogP) is 0.604. The van der Waals surface area contributed by atoms with Crippen LogP contribution in [0.15, 0.2) is 12.3 Å². The van der Waals surface area contributed by atoms with Gasteiger partial charge in [-0.05, 0) is 6.54 Å². The highest BCUT2D eigenvalue weighted by molar-refractivity contribution is 5.91. The van der Waals surface area contributed by atoms with Crippen LogP contribution >= 0.6 is 0 Å². The Morgan fingerprint density at radius 1 is 1.67 bits per heavy atom. The van der Waals surface area contributed by atoms with Crippen LogP contribution in [0.25, 0.3) is 0 Å². The Balaban J connectivity index is 2.45. The molecule has 0 aromatic carbocycles. The van der Waals surface area contributed by atoms with Gasteiger partial charge in [0, 0.05) is 25.6 Å². The molecule has 0 saturated heterocycles. The van der Waals surface area contributed by atoms with Crippen LogP contribution in [-0.2, 0) is 11.8 Å². The molecule has 1 rings (SSSR count). The lowest BCUT2D eigenvalue weighted by atomic mass is 10.1. The molecule has 1 aromatic rings. The molecule has 0 radical (unpaired) electrons. The Hall–Kier alpha value is -1.36. The Morgan fingerprint density at radius 2 is 2.40 bits per heavy atom. The number of carbonyl (C=O) groups is 1. The lowest BCUT2D eigenvalue weighted by Crippen LogP contribution is -2.30. The van der Waals surface area contributed by atoms with Gasteiger partial charge in [-0.3, -0.25) is 9.48 Å². The van der Waals surface area contributed by atoms with Crippen molar-refractivity contribution in [3.63, 3.8) is 0 Å². The van der Waals surface area contributed by atoms with E-state index in [2.05, 4.69) is 15.7 Å². The molecule has 1 aromatic heterocycles. The molecule has 5 nitrogen and oxygen atoms in total. The summed E-state index contributed by atoms with van der Waals surface area (Å²) in [6.07, 6.45) is 1.66. The van der Waals surface area contributed by atoms with Crippen molar-refractivity contribution < 1.29 is 4.79 Å². The number of hydrogen-bond donors (Lipinski definition) is 2. The van der Waals surface area contributed by atoms with E-state index in [1.165, 1.54) is 0 Å². The third-order valence-electron chi connectivity index (χ3n) is 2.22. The first kappa shape index (κ1) is 11.7. The summed E-state index contributed by atoms with van der Waals surface area (Å²) in [5.74, 6) is 0.697. The minimum absolute atomic E-state index is 0.0135. The molecule has 0 aliphatic carbocycles. The van der Waals surface area contributed by atoms with Crippen molar-refractivity contribution in [2.75, 3.05) is 18.4 Å². The predicted molar refractivity (Wildman–Crippen MR) is 59.5 cm³/mol.